The van der Waals surface area contributed by atoms with Gasteiger partial charge in [0.25, 0.3) is 0 Å². The molecule has 0 aromatic heterocycles. The van der Waals surface area contributed by atoms with Gasteiger partial charge in [-0.25, -0.2) is 8.42 Å². The van der Waals surface area contributed by atoms with Crippen molar-refractivity contribution in [2.75, 3.05) is 23.4 Å². The second kappa shape index (κ2) is 7.98. The summed E-state index contributed by atoms with van der Waals surface area (Å²) in [6, 6.07) is 7.90. The van der Waals surface area contributed by atoms with Crippen LogP contribution < -0.4 is 11.1 Å². The van der Waals surface area contributed by atoms with Crippen LogP contribution in [0.25, 0.3) is 0 Å². The average Bonchev–Trinajstić information content (AvgIpc) is 2.40. The van der Waals surface area contributed by atoms with Crippen molar-refractivity contribution in [2.24, 2.45) is 16.6 Å². The lowest BCUT2D eigenvalue weighted by molar-refractivity contribution is 0.475. The maximum atomic E-state index is 11.3. The van der Waals surface area contributed by atoms with Crippen molar-refractivity contribution < 1.29 is 8.42 Å². The predicted molar refractivity (Wildman–Crippen MR) is 98.1 cm³/mol. The lowest BCUT2D eigenvalue weighted by atomic mass is 10.0. The highest BCUT2D eigenvalue weighted by atomic mass is 127. The van der Waals surface area contributed by atoms with Gasteiger partial charge in [-0.1, -0.05) is 17.7 Å². The van der Waals surface area contributed by atoms with Gasteiger partial charge in [-0.15, -0.1) is 24.0 Å². The fourth-order valence-electron chi connectivity index (χ4n) is 2.17. The zero-order valence-electron chi connectivity index (χ0n) is 12.1. The third-order valence-electron chi connectivity index (χ3n) is 3.52. The van der Waals surface area contributed by atoms with Crippen LogP contribution in [0.1, 0.15) is 18.4 Å². The fourth-order valence-corrected chi connectivity index (χ4v) is 3.76. The first-order chi connectivity index (χ1) is 9.44. The molecule has 1 saturated heterocycles. The second-order valence-corrected chi connectivity index (χ2v) is 7.62. The highest BCUT2D eigenvalue weighted by molar-refractivity contribution is 14.0. The Balaban J connectivity index is 0.00000220. The quantitative estimate of drug-likeness (QED) is 0.444. The van der Waals surface area contributed by atoms with E-state index in [0.29, 0.717) is 31.3 Å². The van der Waals surface area contributed by atoms with Gasteiger partial charge in [0.2, 0.25) is 0 Å². The van der Waals surface area contributed by atoms with Crippen molar-refractivity contribution in [3.8, 4) is 0 Å². The van der Waals surface area contributed by atoms with Crippen molar-refractivity contribution in [1.29, 1.82) is 0 Å². The van der Waals surface area contributed by atoms with Crippen LogP contribution in [0.5, 0.6) is 0 Å². The van der Waals surface area contributed by atoms with Crippen LogP contribution in [-0.2, 0) is 9.84 Å². The van der Waals surface area contributed by atoms with Gasteiger partial charge >= 0.3 is 0 Å². The van der Waals surface area contributed by atoms with Gasteiger partial charge in [-0.05, 0) is 37.8 Å². The van der Waals surface area contributed by atoms with E-state index in [9.17, 15) is 8.42 Å². The Kier molecular flexibility index (Phi) is 6.92. The normalized spacial score (nSPS) is 18.8. The fraction of sp³-hybridized carbons (Fsp3) is 0.500. The molecule has 0 unspecified atom stereocenters. The molecule has 0 spiro atoms. The Hall–Kier alpha value is -0.830. The number of sulfone groups is 1. The van der Waals surface area contributed by atoms with Crippen LogP contribution in [0, 0.1) is 12.8 Å². The monoisotopic (exact) mass is 423 g/mol. The Bertz CT molecular complexity index is 571. The summed E-state index contributed by atoms with van der Waals surface area (Å²) in [4.78, 5) is 4.30. The van der Waals surface area contributed by atoms with E-state index in [-0.39, 0.29) is 35.5 Å². The summed E-state index contributed by atoms with van der Waals surface area (Å²) in [5.74, 6) is 1.25. The smallest absolute Gasteiger partial charge is 0.193 e. The van der Waals surface area contributed by atoms with Crippen molar-refractivity contribution in [3.05, 3.63) is 29.8 Å². The van der Waals surface area contributed by atoms with Gasteiger partial charge in [0.15, 0.2) is 5.96 Å². The molecule has 0 atom stereocenters. The van der Waals surface area contributed by atoms with E-state index in [2.05, 4.69) is 10.3 Å². The van der Waals surface area contributed by atoms with Crippen LogP contribution in [0.2, 0.25) is 0 Å². The number of halogens is 1. The molecule has 0 saturated carbocycles. The summed E-state index contributed by atoms with van der Waals surface area (Å²) in [5, 5.41) is 3.03. The zero-order valence-corrected chi connectivity index (χ0v) is 15.2. The highest BCUT2D eigenvalue weighted by Gasteiger charge is 2.23. The molecule has 7 heteroatoms. The van der Waals surface area contributed by atoms with Gasteiger partial charge in [0, 0.05) is 12.2 Å². The largest absolute Gasteiger partial charge is 0.370 e. The third-order valence-corrected chi connectivity index (χ3v) is 5.23. The molecular weight excluding hydrogens is 401 g/mol. The molecule has 2 rings (SSSR count). The lowest BCUT2D eigenvalue weighted by Crippen LogP contribution is -2.27. The average molecular weight is 423 g/mol. The Morgan fingerprint density at radius 3 is 2.43 bits per heavy atom. The molecule has 1 heterocycles. The molecule has 0 radical (unpaired) electrons. The molecule has 1 fully saturated rings. The molecule has 1 aromatic rings. The van der Waals surface area contributed by atoms with Gasteiger partial charge < -0.3 is 11.1 Å². The van der Waals surface area contributed by atoms with E-state index in [4.69, 9.17) is 5.73 Å². The summed E-state index contributed by atoms with van der Waals surface area (Å²) in [5.41, 5.74) is 7.93. The van der Waals surface area contributed by atoms with Crippen LogP contribution in [-0.4, -0.2) is 32.4 Å². The minimum atomic E-state index is -2.80. The Morgan fingerprint density at radius 2 is 1.86 bits per heavy atom. The van der Waals surface area contributed by atoms with Crippen molar-refractivity contribution in [3.63, 3.8) is 0 Å². The standard InChI is InChI=1S/C14H21N3O2S.HI/c1-11-2-4-13(5-3-11)17-14(15)16-10-12-6-8-20(18,19)9-7-12;/h2-5,12H,6-10H2,1H3,(H3,15,16,17);1H. The minimum absolute atomic E-state index is 0. The third kappa shape index (κ3) is 6.21. The molecular formula is C14H22IN3O2S. The maximum absolute atomic E-state index is 11.3. The Labute approximate surface area is 143 Å². The molecule has 0 bridgehead atoms. The van der Waals surface area contributed by atoms with Crippen molar-refractivity contribution >= 4 is 45.5 Å². The molecule has 21 heavy (non-hydrogen) atoms. The van der Waals surface area contributed by atoms with E-state index >= 15 is 0 Å². The van der Waals surface area contributed by atoms with Crippen LogP contribution in [0.4, 0.5) is 5.69 Å². The lowest BCUT2D eigenvalue weighted by Gasteiger charge is -2.20. The maximum Gasteiger partial charge on any atom is 0.193 e. The van der Waals surface area contributed by atoms with Gasteiger partial charge in [-0.2, -0.15) is 0 Å². The topological polar surface area (TPSA) is 84.5 Å². The van der Waals surface area contributed by atoms with E-state index < -0.39 is 9.84 Å². The van der Waals surface area contributed by atoms with E-state index in [1.54, 1.807) is 0 Å². The van der Waals surface area contributed by atoms with Gasteiger partial charge in [0.1, 0.15) is 9.84 Å². The minimum Gasteiger partial charge on any atom is -0.370 e. The molecule has 1 aliphatic heterocycles. The number of hydrogen-bond acceptors (Lipinski definition) is 3. The van der Waals surface area contributed by atoms with Crippen LogP contribution in [0.3, 0.4) is 0 Å². The molecule has 5 nitrogen and oxygen atoms in total. The number of aryl methyl sites for hydroxylation is 1. The summed E-state index contributed by atoms with van der Waals surface area (Å²) in [6.07, 6.45) is 1.37. The first-order valence-corrected chi connectivity index (χ1v) is 8.61. The number of benzene rings is 1. The molecule has 0 amide bonds. The number of nitrogens with two attached hydrogens (primary N) is 1. The van der Waals surface area contributed by atoms with E-state index in [0.717, 1.165) is 5.69 Å². The number of hydrogen-bond donors (Lipinski definition) is 2. The van der Waals surface area contributed by atoms with Crippen molar-refractivity contribution in [1.82, 2.24) is 0 Å². The number of anilines is 1. The first-order valence-electron chi connectivity index (χ1n) is 6.79. The first kappa shape index (κ1) is 18.2. The molecule has 118 valence electrons. The predicted octanol–water partition coefficient (Wildman–Crippen LogP) is 2.16. The number of rotatable bonds is 3. The summed E-state index contributed by atoms with van der Waals surface area (Å²) >= 11 is 0. The SMILES string of the molecule is Cc1ccc(NC(N)=NCC2CCS(=O)(=O)CC2)cc1.I. The molecule has 0 aliphatic carbocycles. The zero-order chi connectivity index (χ0) is 14.6. The Morgan fingerprint density at radius 1 is 1.29 bits per heavy atom. The highest BCUT2D eigenvalue weighted by Crippen LogP contribution is 2.19. The van der Waals surface area contributed by atoms with Gasteiger partial charge in [0.05, 0.1) is 11.5 Å². The number of nitrogens with one attached hydrogen (secondary N) is 1. The van der Waals surface area contributed by atoms with Crippen LogP contribution in [0.15, 0.2) is 29.3 Å². The summed E-state index contributed by atoms with van der Waals surface area (Å²) in [7, 11) is -2.80. The van der Waals surface area contributed by atoms with Crippen LogP contribution >= 0.6 is 24.0 Å². The number of guanidine groups is 1. The van der Waals surface area contributed by atoms with Crippen molar-refractivity contribution in [2.45, 2.75) is 19.8 Å². The van der Waals surface area contributed by atoms with E-state index in [1.807, 2.05) is 31.2 Å². The molecule has 3 N–H and O–H groups in total. The van der Waals surface area contributed by atoms with Gasteiger partial charge in [-0.3, -0.25) is 4.99 Å². The molecule has 1 aromatic carbocycles. The second-order valence-electron chi connectivity index (χ2n) is 5.31. The van der Waals surface area contributed by atoms with E-state index in [1.165, 1.54) is 5.56 Å². The molecule has 1 aliphatic rings. The number of nitrogens with zero attached hydrogens (tertiary/aromatic N) is 1. The number of aliphatic imine (C=N–C) groups is 1. The summed E-state index contributed by atoms with van der Waals surface area (Å²) < 4.78 is 22.7. The summed E-state index contributed by atoms with van der Waals surface area (Å²) in [6.45, 7) is 2.61.